The van der Waals surface area contributed by atoms with Gasteiger partial charge >= 0.3 is 5.84 Å². The van der Waals surface area contributed by atoms with Crippen molar-refractivity contribution in [1.29, 1.82) is 0 Å². The molecule has 22 heavy (non-hydrogen) atoms. The predicted molar refractivity (Wildman–Crippen MR) is 79.4 cm³/mol. The first-order chi connectivity index (χ1) is 10.5. The summed E-state index contributed by atoms with van der Waals surface area (Å²) in [6.07, 6.45) is 1.72. The van der Waals surface area contributed by atoms with Crippen molar-refractivity contribution in [2.75, 3.05) is 6.54 Å². The van der Waals surface area contributed by atoms with Crippen molar-refractivity contribution in [2.45, 2.75) is 25.4 Å². The van der Waals surface area contributed by atoms with Crippen LogP contribution >= 0.6 is 11.6 Å². The number of hydrogen-bond acceptors (Lipinski definition) is 3. The van der Waals surface area contributed by atoms with Crippen LogP contribution in [0.5, 0.6) is 0 Å². The summed E-state index contributed by atoms with van der Waals surface area (Å²) < 4.78 is 14.0. The SMILES string of the molecule is NN=NC(=[NH2+])c1cc(Cl)c(F)c(CNC(=O)[C@@H]2CCCN2)c1. The lowest BCUT2D eigenvalue weighted by molar-refractivity contribution is -0.123. The minimum atomic E-state index is -0.609. The first-order valence-corrected chi connectivity index (χ1v) is 7.13. The molecule has 1 aliphatic rings. The van der Waals surface area contributed by atoms with Gasteiger partial charge in [-0.2, -0.15) is 0 Å². The van der Waals surface area contributed by atoms with Crippen molar-refractivity contribution in [1.82, 2.24) is 10.6 Å². The summed E-state index contributed by atoms with van der Waals surface area (Å²) in [4.78, 5) is 11.9. The Morgan fingerprint density at radius 3 is 3.00 bits per heavy atom. The zero-order chi connectivity index (χ0) is 16.1. The number of amides is 1. The van der Waals surface area contributed by atoms with E-state index < -0.39 is 5.82 Å². The van der Waals surface area contributed by atoms with E-state index in [1.54, 1.807) is 0 Å². The minimum absolute atomic E-state index is 0.00343. The Balaban J connectivity index is 2.12. The molecule has 6 N–H and O–H groups in total. The van der Waals surface area contributed by atoms with Gasteiger partial charge in [-0.15, -0.1) is 0 Å². The molecule has 0 spiro atoms. The van der Waals surface area contributed by atoms with E-state index in [-0.39, 0.29) is 34.9 Å². The van der Waals surface area contributed by atoms with Crippen LogP contribution in [0.15, 0.2) is 22.5 Å². The number of carbonyl (C=O) groups excluding carboxylic acids is 1. The molecule has 1 aromatic carbocycles. The lowest BCUT2D eigenvalue weighted by Gasteiger charge is -2.12. The standard InChI is InChI=1S/C13H16ClFN6O/c14-9-5-7(12(16)20-21-17)4-8(11(9)15)6-19-13(22)10-2-1-3-18-10/h4-5,10,18H,1-3,6H2,(H,19,22)(H3,16,17,20)/p+1/t10-/m0/s1. The molecule has 1 heterocycles. The van der Waals surface area contributed by atoms with Crippen molar-refractivity contribution in [3.8, 4) is 0 Å². The number of nitrogens with two attached hydrogens (primary N) is 2. The fourth-order valence-corrected chi connectivity index (χ4v) is 2.50. The van der Waals surface area contributed by atoms with E-state index in [4.69, 9.17) is 22.9 Å². The van der Waals surface area contributed by atoms with Gasteiger partial charge in [-0.05, 0) is 31.5 Å². The molecule has 118 valence electrons. The molecule has 0 saturated carbocycles. The molecule has 0 bridgehead atoms. The topological polar surface area (TPSA) is 117 Å². The number of benzene rings is 1. The molecule has 2 rings (SSSR count). The zero-order valence-electron chi connectivity index (χ0n) is 11.8. The number of nitrogens with one attached hydrogen (secondary N) is 2. The van der Waals surface area contributed by atoms with E-state index in [0.717, 1.165) is 19.4 Å². The van der Waals surface area contributed by atoms with Crippen molar-refractivity contribution in [3.63, 3.8) is 0 Å². The second kappa shape index (κ2) is 7.28. The largest absolute Gasteiger partial charge is 0.351 e. The normalized spacial score (nSPS) is 17.8. The summed E-state index contributed by atoms with van der Waals surface area (Å²) >= 11 is 5.83. The number of rotatable bonds is 4. The monoisotopic (exact) mass is 327 g/mol. The Labute approximate surface area is 131 Å². The van der Waals surface area contributed by atoms with Crippen LogP contribution in [0.1, 0.15) is 24.0 Å². The molecule has 0 unspecified atom stereocenters. The fraction of sp³-hybridized carbons (Fsp3) is 0.385. The van der Waals surface area contributed by atoms with Crippen LogP contribution in [0.25, 0.3) is 0 Å². The molecule has 9 heteroatoms. The predicted octanol–water partition coefficient (Wildman–Crippen LogP) is -0.321. The van der Waals surface area contributed by atoms with Crippen molar-refractivity contribution in [2.24, 2.45) is 16.2 Å². The molecule has 1 saturated heterocycles. The highest BCUT2D eigenvalue weighted by Crippen LogP contribution is 2.21. The Morgan fingerprint density at radius 2 is 2.36 bits per heavy atom. The Hall–Kier alpha value is -2.06. The summed E-state index contributed by atoms with van der Waals surface area (Å²) in [5.41, 5.74) is 0.591. The Bertz CT molecular complexity index is 615. The highest BCUT2D eigenvalue weighted by atomic mass is 35.5. The van der Waals surface area contributed by atoms with Crippen LogP contribution in [0.3, 0.4) is 0 Å². The zero-order valence-corrected chi connectivity index (χ0v) is 12.5. The number of halogens is 2. The van der Waals surface area contributed by atoms with E-state index in [9.17, 15) is 9.18 Å². The van der Waals surface area contributed by atoms with Gasteiger partial charge in [0.25, 0.3) is 0 Å². The fourth-order valence-electron chi connectivity index (χ4n) is 2.26. The molecule has 0 aliphatic carbocycles. The molecule has 1 amide bonds. The van der Waals surface area contributed by atoms with Gasteiger partial charge in [0.15, 0.2) is 0 Å². The molecule has 7 nitrogen and oxygen atoms in total. The second-order valence-electron chi connectivity index (χ2n) is 4.90. The summed E-state index contributed by atoms with van der Waals surface area (Å²) in [6.45, 7) is 0.812. The third-order valence-electron chi connectivity index (χ3n) is 3.39. The minimum Gasteiger partial charge on any atom is -0.351 e. The molecular formula is C13H17ClFN6O+. The summed E-state index contributed by atoms with van der Waals surface area (Å²) in [5.74, 6) is 4.16. The van der Waals surface area contributed by atoms with Crippen LogP contribution in [0, 0.1) is 5.82 Å². The molecule has 1 fully saturated rings. The van der Waals surface area contributed by atoms with Crippen molar-refractivity contribution in [3.05, 3.63) is 34.1 Å². The van der Waals surface area contributed by atoms with Gasteiger partial charge in [0.2, 0.25) is 5.91 Å². The summed E-state index contributed by atoms with van der Waals surface area (Å²) in [7, 11) is 0. The second-order valence-corrected chi connectivity index (χ2v) is 5.31. The van der Waals surface area contributed by atoms with E-state index in [1.807, 2.05) is 0 Å². The quantitative estimate of drug-likeness (QED) is 0.199. The van der Waals surface area contributed by atoms with Gasteiger partial charge in [0.1, 0.15) is 5.82 Å². The maximum Gasteiger partial charge on any atom is 0.350 e. The maximum atomic E-state index is 14.0. The van der Waals surface area contributed by atoms with E-state index in [0.29, 0.717) is 5.56 Å². The first-order valence-electron chi connectivity index (χ1n) is 6.75. The van der Waals surface area contributed by atoms with Gasteiger partial charge in [0.05, 0.1) is 21.7 Å². The van der Waals surface area contributed by atoms with Crippen LogP contribution in [-0.4, -0.2) is 24.3 Å². The number of hydrogen-bond donors (Lipinski definition) is 4. The molecule has 1 aliphatic heterocycles. The third kappa shape index (κ3) is 3.77. The summed E-state index contributed by atoms with van der Waals surface area (Å²) in [5, 5.41) is 17.8. The third-order valence-corrected chi connectivity index (χ3v) is 3.67. The molecule has 1 aromatic rings. The van der Waals surface area contributed by atoms with Crippen molar-refractivity contribution >= 4 is 23.3 Å². The Morgan fingerprint density at radius 1 is 1.59 bits per heavy atom. The highest BCUT2D eigenvalue weighted by molar-refractivity contribution is 6.31. The molecule has 0 radical (unpaired) electrons. The molecule has 0 aromatic heterocycles. The van der Waals surface area contributed by atoms with E-state index >= 15 is 0 Å². The van der Waals surface area contributed by atoms with Crippen LogP contribution < -0.4 is 21.9 Å². The van der Waals surface area contributed by atoms with Gasteiger partial charge in [-0.25, -0.2) is 4.39 Å². The highest BCUT2D eigenvalue weighted by Gasteiger charge is 2.22. The smallest absolute Gasteiger partial charge is 0.350 e. The van der Waals surface area contributed by atoms with Gasteiger partial charge in [0, 0.05) is 17.3 Å². The maximum absolute atomic E-state index is 14.0. The van der Waals surface area contributed by atoms with Crippen molar-refractivity contribution < 1.29 is 14.6 Å². The average Bonchev–Trinajstić information content (AvgIpc) is 3.02. The molecular weight excluding hydrogens is 311 g/mol. The Kier molecular flexibility index (Phi) is 5.40. The van der Waals surface area contributed by atoms with E-state index in [2.05, 4.69) is 21.0 Å². The van der Waals surface area contributed by atoms with Crippen LogP contribution in [0.4, 0.5) is 4.39 Å². The molecule has 1 atom stereocenters. The van der Waals surface area contributed by atoms with Gasteiger partial charge in [-0.3, -0.25) is 16.0 Å². The van der Waals surface area contributed by atoms with Gasteiger partial charge in [-0.1, -0.05) is 11.6 Å². The number of nitrogens with zero attached hydrogens (tertiary/aromatic N) is 2. The van der Waals surface area contributed by atoms with E-state index in [1.165, 1.54) is 12.1 Å². The lowest BCUT2D eigenvalue weighted by atomic mass is 10.1. The van der Waals surface area contributed by atoms with Gasteiger partial charge < -0.3 is 10.6 Å². The lowest BCUT2D eigenvalue weighted by Crippen LogP contribution is -2.40. The first kappa shape index (κ1) is 16.3. The van der Waals surface area contributed by atoms with Crippen LogP contribution in [0.2, 0.25) is 5.02 Å². The summed E-state index contributed by atoms with van der Waals surface area (Å²) in [6, 6.07) is 2.54. The van der Waals surface area contributed by atoms with Crippen LogP contribution in [-0.2, 0) is 11.3 Å². The average molecular weight is 328 g/mol. The number of carbonyl (C=O) groups is 1. The number of amidine groups is 1.